The van der Waals surface area contributed by atoms with E-state index in [4.69, 9.17) is 16.3 Å². The van der Waals surface area contributed by atoms with Crippen LogP contribution in [0.4, 0.5) is 0 Å². The van der Waals surface area contributed by atoms with Gasteiger partial charge in [-0.1, -0.05) is 25.4 Å². The molecule has 1 unspecified atom stereocenters. The molecule has 1 N–H and O–H groups in total. The largest absolute Gasteiger partial charge is 0.379 e. The van der Waals surface area contributed by atoms with Crippen LogP contribution in [-0.4, -0.2) is 29.5 Å². The Morgan fingerprint density at radius 2 is 2.24 bits per heavy atom. The van der Waals surface area contributed by atoms with Crippen LogP contribution in [0.1, 0.15) is 38.4 Å². The van der Waals surface area contributed by atoms with Gasteiger partial charge in [0.1, 0.15) is 0 Å². The summed E-state index contributed by atoms with van der Waals surface area (Å²) in [5.74, 6) is 0. The Labute approximate surface area is 108 Å². The van der Waals surface area contributed by atoms with Crippen molar-refractivity contribution in [3.05, 3.63) is 16.9 Å². The lowest BCUT2D eigenvalue weighted by Crippen LogP contribution is -2.28. The number of nitrogens with zero attached hydrogens (tertiary/aromatic N) is 2. The molecule has 0 saturated heterocycles. The number of aryl methyl sites for hydroxylation is 1. The molecule has 1 aromatic heterocycles. The van der Waals surface area contributed by atoms with Crippen molar-refractivity contribution < 1.29 is 4.74 Å². The van der Waals surface area contributed by atoms with Crippen molar-refractivity contribution >= 4 is 11.6 Å². The van der Waals surface area contributed by atoms with Gasteiger partial charge in [0, 0.05) is 13.7 Å². The standard InChI is InChI=1S/C12H22ClN3O/c1-4-6-14-11(9-17-7-5-2)12-10(13)8-15-16(12)3/h8,11,14H,4-7,9H2,1-3H3. The second-order valence-corrected chi connectivity index (χ2v) is 4.49. The van der Waals surface area contributed by atoms with Crippen LogP contribution in [-0.2, 0) is 11.8 Å². The molecule has 0 aliphatic carbocycles. The fourth-order valence-electron chi connectivity index (χ4n) is 1.71. The third-order valence-corrected chi connectivity index (χ3v) is 2.83. The smallest absolute Gasteiger partial charge is 0.0834 e. The first-order valence-electron chi connectivity index (χ1n) is 6.19. The second-order valence-electron chi connectivity index (χ2n) is 4.08. The first-order valence-corrected chi connectivity index (χ1v) is 6.57. The van der Waals surface area contributed by atoms with Crippen LogP contribution in [0, 0.1) is 0 Å². The lowest BCUT2D eigenvalue weighted by atomic mass is 10.2. The number of aromatic nitrogens is 2. The highest BCUT2D eigenvalue weighted by molar-refractivity contribution is 6.31. The Kier molecular flexibility index (Phi) is 6.55. The highest BCUT2D eigenvalue weighted by Crippen LogP contribution is 2.22. The summed E-state index contributed by atoms with van der Waals surface area (Å²) in [6.45, 7) is 6.60. The van der Waals surface area contributed by atoms with Crippen molar-refractivity contribution in [2.75, 3.05) is 19.8 Å². The molecule has 1 atom stereocenters. The zero-order chi connectivity index (χ0) is 12.7. The van der Waals surface area contributed by atoms with Crippen LogP contribution in [0.25, 0.3) is 0 Å². The van der Waals surface area contributed by atoms with Gasteiger partial charge in [-0.25, -0.2) is 0 Å². The normalized spacial score (nSPS) is 12.9. The molecule has 5 heteroatoms. The van der Waals surface area contributed by atoms with Crippen molar-refractivity contribution in [2.24, 2.45) is 7.05 Å². The monoisotopic (exact) mass is 259 g/mol. The number of hydrogen-bond donors (Lipinski definition) is 1. The average molecular weight is 260 g/mol. The maximum Gasteiger partial charge on any atom is 0.0834 e. The van der Waals surface area contributed by atoms with Crippen molar-refractivity contribution in [3.8, 4) is 0 Å². The minimum atomic E-state index is 0.112. The van der Waals surface area contributed by atoms with Crippen molar-refractivity contribution in [2.45, 2.75) is 32.7 Å². The van der Waals surface area contributed by atoms with Crippen LogP contribution < -0.4 is 5.32 Å². The van der Waals surface area contributed by atoms with Gasteiger partial charge in [0.05, 0.1) is 29.6 Å². The average Bonchev–Trinajstić information content (AvgIpc) is 2.64. The minimum Gasteiger partial charge on any atom is -0.379 e. The Morgan fingerprint density at radius 3 is 2.76 bits per heavy atom. The summed E-state index contributed by atoms with van der Waals surface area (Å²) in [6.07, 6.45) is 3.79. The minimum absolute atomic E-state index is 0.112. The van der Waals surface area contributed by atoms with Gasteiger partial charge in [0.2, 0.25) is 0 Å². The van der Waals surface area contributed by atoms with Gasteiger partial charge in [-0.2, -0.15) is 5.10 Å². The van der Waals surface area contributed by atoms with E-state index in [-0.39, 0.29) is 6.04 Å². The first-order chi connectivity index (χ1) is 8.20. The zero-order valence-corrected chi connectivity index (χ0v) is 11.6. The van der Waals surface area contributed by atoms with Crippen LogP contribution in [0.2, 0.25) is 5.02 Å². The van der Waals surface area contributed by atoms with Gasteiger partial charge in [0.15, 0.2) is 0 Å². The molecular formula is C12H22ClN3O. The molecule has 0 aromatic carbocycles. The van der Waals surface area contributed by atoms with E-state index in [1.54, 1.807) is 6.20 Å². The SMILES string of the molecule is CCCNC(COCCC)c1c(Cl)cnn1C. The van der Waals surface area contributed by atoms with E-state index in [0.29, 0.717) is 11.6 Å². The summed E-state index contributed by atoms with van der Waals surface area (Å²) in [7, 11) is 1.90. The first kappa shape index (κ1) is 14.5. The lowest BCUT2D eigenvalue weighted by molar-refractivity contribution is 0.110. The van der Waals surface area contributed by atoms with Gasteiger partial charge in [-0.3, -0.25) is 4.68 Å². The molecule has 98 valence electrons. The summed E-state index contributed by atoms with van der Waals surface area (Å²) in [5, 5.41) is 8.30. The summed E-state index contributed by atoms with van der Waals surface area (Å²) >= 11 is 6.15. The summed E-state index contributed by atoms with van der Waals surface area (Å²) in [5.41, 5.74) is 0.996. The van der Waals surface area contributed by atoms with E-state index < -0.39 is 0 Å². The molecule has 0 aliphatic heterocycles. The number of halogens is 1. The molecular weight excluding hydrogens is 238 g/mol. The fraction of sp³-hybridized carbons (Fsp3) is 0.750. The number of hydrogen-bond acceptors (Lipinski definition) is 3. The highest BCUT2D eigenvalue weighted by Gasteiger charge is 2.18. The van der Waals surface area contributed by atoms with E-state index in [0.717, 1.165) is 31.7 Å². The van der Waals surface area contributed by atoms with E-state index in [9.17, 15) is 0 Å². The molecule has 1 heterocycles. The van der Waals surface area contributed by atoms with Crippen LogP contribution in [0.3, 0.4) is 0 Å². The Morgan fingerprint density at radius 1 is 1.47 bits per heavy atom. The molecule has 0 bridgehead atoms. The second kappa shape index (κ2) is 7.69. The van der Waals surface area contributed by atoms with E-state index in [2.05, 4.69) is 24.3 Å². The fourth-order valence-corrected chi connectivity index (χ4v) is 2.01. The number of nitrogens with one attached hydrogen (secondary N) is 1. The molecule has 4 nitrogen and oxygen atoms in total. The predicted octanol–water partition coefficient (Wildman–Crippen LogP) is 2.54. The Bertz CT molecular complexity index is 308. The van der Waals surface area contributed by atoms with Gasteiger partial charge in [-0.15, -0.1) is 0 Å². The molecule has 0 spiro atoms. The summed E-state index contributed by atoms with van der Waals surface area (Å²) in [4.78, 5) is 0. The van der Waals surface area contributed by atoms with E-state index in [1.807, 2.05) is 11.7 Å². The zero-order valence-electron chi connectivity index (χ0n) is 10.9. The summed E-state index contributed by atoms with van der Waals surface area (Å²) < 4.78 is 7.42. The van der Waals surface area contributed by atoms with E-state index in [1.165, 1.54) is 0 Å². The molecule has 0 aliphatic rings. The number of rotatable bonds is 8. The van der Waals surface area contributed by atoms with Gasteiger partial charge < -0.3 is 10.1 Å². The number of ether oxygens (including phenoxy) is 1. The summed E-state index contributed by atoms with van der Waals surface area (Å²) in [6, 6.07) is 0.112. The topological polar surface area (TPSA) is 39.1 Å². The third-order valence-electron chi connectivity index (χ3n) is 2.54. The maximum atomic E-state index is 6.15. The quantitative estimate of drug-likeness (QED) is 0.730. The predicted molar refractivity (Wildman–Crippen MR) is 70.4 cm³/mol. The van der Waals surface area contributed by atoms with Crippen LogP contribution in [0.15, 0.2) is 6.20 Å². The molecule has 0 amide bonds. The van der Waals surface area contributed by atoms with Crippen LogP contribution in [0.5, 0.6) is 0 Å². The molecule has 0 saturated carbocycles. The van der Waals surface area contributed by atoms with E-state index >= 15 is 0 Å². The van der Waals surface area contributed by atoms with Crippen LogP contribution >= 0.6 is 11.6 Å². The molecule has 0 fully saturated rings. The maximum absolute atomic E-state index is 6.15. The van der Waals surface area contributed by atoms with Gasteiger partial charge in [0.25, 0.3) is 0 Å². The molecule has 17 heavy (non-hydrogen) atoms. The Balaban J connectivity index is 2.67. The molecule has 0 radical (unpaired) electrons. The van der Waals surface area contributed by atoms with Crippen molar-refractivity contribution in [1.82, 2.24) is 15.1 Å². The van der Waals surface area contributed by atoms with Gasteiger partial charge in [-0.05, 0) is 19.4 Å². The van der Waals surface area contributed by atoms with Crippen molar-refractivity contribution in [1.29, 1.82) is 0 Å². The third kappa shape index (κ3) is 4.30. The molecule has 1 rings (SSSR count). The molecule has 1 aromatic rings. The highest BCUT2D eigenvalue weighted by atomic mass is 35.5. The lowest BCUT2D eigenvalue weighted by Gasteiger charge is -2.19. The van der Waals surface area contributed by atoms with Gasteiger partial charge >= 0.3 is 0 Å². The Hall–Kier alpha value is -0.580. The van der Waals surface area contributed by atoms with Crippen molar-refractivity contribution in [3.63, 3.8) is 0 Å².